The second kappa shape index (κ2) is 7.96. The number of nitrogens with zero attached hydrogens (tertiary/aromatic N) is 2. The molecule has 0 radical (unpaired) electrons. The molecule has 0 unspecified atom stereocenters. The molecular weight excluding hydrogens is 320 g/mol. The van der Waals surface area contributed by atoms with E-state index in [0.717, 1.165) is 16.5 Å². The number of carbonyl (C=O) groups is 1. The zero-order chi connectivity index (χ0) is 15.9. The highest BCUT2D eigenvalue weighted by molar-refractivity contribution is 7.09. The first-order valence-corrected chi connectivity index (χ1v) is 8.02. The average Bonchev–Trinajstić information content (AvgIpc) is 2.94. The van der Waals surface area contributed by atoms with E-state index in [1.165, 1.54) is 11.3 Å². The van der Waals surface area contributed by atoms with Gasteiger partial charge in [-0.2, -0.15) is 0 Å². The molecule has 1 aromatic heterocycles. The number of hydrogen-bond donors (Lipinski definition) is 0. The van der Waals surface area contributed by atoms with Gasteiger partial charge in [-0.1, -0.05) is 17.7 Å². The lowest BCUT2D eigenvalue weighted by Gasteiger charge is -2.17. The monoisotopic (exact) mass is 336 g/mol. The van der Waals surface area contributed by atoms with Crippen molar-refractivity contribution < 1.29 is 9.53 Å². The number of amides is 1. The van der Waals surface area contributed by atoms with E-state index in [2.05, 4.69) is 11.6 Å². The van der Waals surface area contributed by atoms with E-state index in [-0.39, 0.29) is 5.91 Å². The molecule has 1 aromatic carbocycles. The van der Waals surface area contributed by atoms with Crippen LogP contribution in [0.4, 0.5) is 0 Å². The molecule has 0 aliphatic heterocycles. The van der Waals surface area contributed by atoms with Crippen LogP contribution in [0.25, 0.3) is 0 Å². The van der Waals surface area contributed by atoms with Crippen LogP contribution in [0.1, 0.15) is 17.6 Å². The van der Waals surface area contributed by atoms with Crippen molar-refractivity contribution in [1.29, 1.82) is 0 Å². The summed E-state index contributed by atoms with van der Waals surface area (Å²) in [7, 11) is 0. The first-order valence-electron chi connectivity index (χ1n) is 6.76. The Morgan fingerprint density at radius 3 is 2.82 bits per heavy atom. The van der Waals surface area contributed by atoms with Crippen molar-refractivity contribution in [2.24, 2.45) is 0 Å². The average molecular weight is 337 g/mol. The Morgan fingerprint density at radius 2 is 2.18 bits per heavy atom. The van der Waals surface area contributed by atoms with Gasteiger partial charge in [0, 0.05) is 23.9 Å². The minimum absolute atomic E-state index is 0.00636. The fourth-order valence-corrected chi connectivity index (χ4v) is 2.64. The molecule has 6 heteroatoms. The number of aromatic nitrogens is 1. The predicted molar refractivity (Wildman–Crippen MR) is 89.2 cm³/mol. The van der Waals surface area contributed by atoms with E-state index >= 15 is 0 Å². The van der Waals surface area contributed by atoms with Crippen LogP contribution in [0, 0.1) is 0 Å². The number of rotatable bonds is 7. The van der Waals surface area contributed by atoms with Crippen LogP contribution >= 0.6 is 22.9 Å². The molecule has 0 N–H and O–H groups in total. The number of ether oxygens (including phenoxy) is 1. The van der Waals surface area contributed by atoms with E-state index in [9.17, 15) is 4.79 Å². The van der Waals surface area contributed by atoms with Gasteiger partial charge in [0.2, 0.25) is 5.91 Å². The first kappa shape index (κ1) is 16.5. The minimum atomic E-state index is 0.00636. The maximum atomic E-state index is 11.5. The summed E-state index contributed by atoms with van der Waals surface area (Å²) in [4.78, 5) is 17.7. The second-order valence-electron chi connectivity index (χ2n) is 4.66. The highest BCUT2D eigenvalue weighted by Crippen LogP contribution is 2.18. The summed E-state index contributed by atoms with van der Waals surface area (Å²) in [5.41, 5.74) is 0.858. The van der Waals surface area contributed by atoms with Gasteiger partial charge >= 0.3 is 0 Å². The Kier molecular flexibility index (Phi) is 5.98. The maximum Gasteiger partial charge on any atom is 0.220 e. The summed E-state index contributed by atoms with van der Waals surface area (Å²) < 4.78 is 5.65. The molecule has 0 saturated heterocycles. The number of hydrogen-bond acceptors (Lipinski definition) is 4. The van der Waals surface area contributed by atoms with Crippen molar-refractivity contribution in [3.05, 3.63) is 58.0 Å². The largest absolute Gasteiger partial charge is 0.486 e. The van der Waals surface area contributed by atoms with Crippen LogP contribution in [0.2, 0.25) is 5.02 Å². The summed E-state index contributed by atoms with van der Waals surface area (Å²) in [5, 5.41) is 3.49. The summed E-state index contributed by atoms with van der Waals surface area (Å²) in [6, 6.07) is 7.20. The third-order valence-electron chi connectivity index (χ3n) is 2.92. The third-order valence-corrected chi connectivity index (χ3v) is 4.05. The Labute approximate surface area is 139 Å². The van der Waals surface area contributed by atoms with Crippen molar-refractivity contribution in [1.82, 2.24) is 9.88 Å². The molecular formula is C16H17ClN2O2S. The van der Waals surface area contributed by atoms with Gasteiger partial charge in [0.15, 0.2) is 0 Å². The van der Waals surface area contributed by atoms with Crippen LogP contribution in [0.5, 0.6) is 5.75 Å². The maximum absolute atomic E-state index is 11.5. The van der Waals surface area contributed by atoms with E-state index in [4.69, 9.17) is 16.3 Å². The lowest BCUT2D eigenvalue weighted by atomic mass is 10.3. The SMILES string of the molecule is C=CCN(Cc1csc(COc2ccc(Cl)cc2)n1)C(C)=O. The van der Waals surface area contributed by atoms with Gasteiger partial charge in [-0.25, -0.2) is 4.98 Å². The lowest BCUT2D eigenvalue weighted by molar-refractivity contribution is -0.128. The molecule has 1 heterocycles. The van der Waals surface area contributed by atoms with Crippen molar-refractivity contribution in [3.63, 3.8) is 0 Å². The van der Waals surface area contributed by atoms with Crippen LogP contribution in [0.3, 0.4) is 0 Å². The zero-order valence-corrected chi connectivity index (χ0v) is 13.9. The number of carbonyl (C=O) groups excluding carboxylic acids is 1. The number of halogens is 1. The van der Waals surface area contributed by atoms with E-state index in [0.29, 0.717) is 24.7 Å². The molecule has 116 valence electrons. The van der Waals surface area contributed by atoms with Crippen LogP contribution in [-0.2, 0) is 17.9 Å². The van der Waals surface area contributed by atoms with Crippen LogP contribution in [0.15, 0.2) is 42.3 Å². The third kappa shape index (κ3) is 4.86. The van der Waals surface area contributed by atoms with Crippen molar-refractivity contribution in [2.75, 3.05) is 6.54 Å². The normalized spacial score (nSPS) is 10.3. The summed E-state index contributed by atoms with van der Waals surface area (Å²) in [5.74, 6) is 0.755. The van der Waals surface area contributed by atoms with Gasteiger partial charge < -0.3 is 9.64 Å². The molecule has 1 amide bonds. The van der Waals surface area contributed by atoms with E-state index < -0.39 is 0 Å². The molecule has 0 atom stereocenters. The van der Waals surface area contributed by atoms with Gasteiger partial charge in [-0.3, -0.25) is 4.79 Å². The Bertz CT molecular complexity index is 640. The standard InChI is InChI=1S/C16H17ClN2O2S/c1-3-8-19(12(2)20)9-14-11-22-16(18-14)10-21-15-6-4-13(17)5-7-15/h3-7,11H,1,8-10H2,2H3. The van der Waals surface area contributed by atoms with Gasteiger partial charge in [0.05, 0.1) is 12.2 Å². The smallest absolute Gasteiger partial charge is 0.220 e. The summed E-state index contributed by atoms with van der Waals surface area (Å²) >= 11 is 7.34. The molecule has 0 spiro atoms. The second-order valence-corrected chi connectivity index (χ2v) is 6.04. The van der Waals surface area contributed by atoms with E-state index in [1.54, 1.807) is 30.0 Å². The zero-order valence-electron chi connectivity index (χ0n) is 12.3. The minimum Gasteiger partial charge on any atom is -0.486 e. The molecule has 4 nitrogen and oxygen atoms in total. The van der Waals surface area contributed by atoms with Gasteiger partial charge in [-0.05, 0) is 24.3 Å². The van der Waals surface area contributed by atoms with Crippen LogP contribution < -0.4 is 4.74 Å². The van der Waals surface area contributed by atoms with Crippen LogP contribution in [-0.4, -0.2) is 22.3 Å². The van der Waals surface area contributed by atoms with Crippen molar-refractivity contribution in [3.8, 4) is 5.75 Å². The Morgan fingerprint density at radius 1 is 1.45 bits per heavy atom. The Hall–Kier alpha value is -1.85. The molecule has 2 aromatic rings. The fourth-order valence-electron chi connectivity index (χ4n) is 1.82. The van der Waals surface area contributed by atoms with Gasteiger partial charge in [0.25, 0.3) is 0 Å². The molecule has 0 fully saturated rings. The highest BCUT2D eigenvalue weighted by atomic mass is 35.5. The van der Waals surface area contributed by atoms with Gasteiger partial charge in [0.1, 0.15) is 17.4 Å². The number of benzene rings is 1. The lowest BCUT2D eigenvalue weighted by Crippen LogP contribution is -2.28. The highest BCUT2D eigenvalue weighted by Gasteiger charge is 2.10. The molecule has 0 bridgehead atoms. The van der Waals surface area contributed by atoms with Gasteiger partial charge in [-0.15, -0.1) is 17.9 Å². The Balaban J connectivity index is 1.91. The molecule has 0 aliphatic rings. The summed E-state index contributed by atoms with van der Waals surface area (Å²) in [6.07, 6.45) is 1.71. The summed E-state index contributed by atoms with van der Waals surface area (Å²) in [6.45, 7) is 6.60. The molecule has 0 saturated carbocycles. The molecule has 22 heavy (non-hydrogen) atoms. The molecule has 0 aliphatic carbocycles. The first-order chi connectivity index (χ1) is 10.6. The quantitative estimate of drug-likeness (QED) is 0.720. The van der Waals surface area contributed by atoms with Crippen molar-refractivity contribution in [2.45, 2.75) is 20.1 Å². The van der Waals surface area contributed by atoms with Crippen molar-refractivity contribution >= 4 is 28.8 Å². The fraction of sp³-hybridized carbons (Fsp3) is 0.250. The topological polar surface area (TPSA) is 42.4 Å². The van der Waals surface area contributed by atoms with E-state index in [1.807, 2.05) is 17.5 Å². The predicted octanol–water partition coefficient (Wildman–Crippen LogP) is 3.91. The molecule has 2 rings (SSSR count). The number of thiazole rings is 1.